The minimum Gasteiger partial charge on any atom is -0.311 e. The molecule has 0 saturated carbocycles. The van der Waals surface area contributed by atoms with Crippen LogP contribution in [-0.2, 0) is 27.2 Å². The van der Waals surface area contributed by atoms with Crippen molar-refractivity contribution in [2.45, 2.75) is 23.6 Å². The van der Waals surface area contributed by atoms with Crippen molar-refractivity contribution < 1.29 is 12.6 Å². The third kappa shape index (κ3) is 4.87. The lowest BCUT2D eigenvalue weighted by molar-refractivity contribution is 0.598. The zero-order valence-corrected chi connectivity index (χ0v) is 13.5. The first-order valence-electron chi connectivity index (χ1n) is 5.74. The molecule has 1 aromatic carbocycles. The van der Waals surface area contributed by atoms with E-state index in [0.717, 1.165) is 6.26 Å². The van der Waals surface area contributed by atoms with Gasteiger partial charge in [-0.05, 0) is 19.1 Å². The summed E-state index contributed by atoms with van der Waals surface area (Å²) in [4.78, 5) is 0.234. The lowest BCUT2D eigenvalue weighted by atomic mass is 10.2. The predicted molar refractivity (Wildman–Crippen MR) is 79.8 cm³/mol. The second kappa shape index (κ2) is 6.83. The van der Waals surface area contributed by atoms with Crippen LogP contribution in [0.4, 0.5) is 0 Å². The molecule has 0 spiro atoms. The van der Waals surface area contributed by atoms with E-state index in [-0.39, 0.29) is 10.1 Å². The van der Waals surface area contributed by atoms with Crippen molar-refractivity contribution in [3.8, 4) is 0 Å². The van der Waals surface area contributed by atoms with Gasteiger partial charge in [0.2, 0.25) is 0 Å². The first-order valence-corrected chi connectivity index (χ1v) is 9.63. The Labute approximate surface area is 121 Å². The Morgan fingerprint density at radius 2 is 2.05 bits per heavy atom. The zero-order chi connectivity index (χ0) is 14.6. The molecule has 7 heteroatoms. The average Bonchev–Trinajstić information content (AvgIpc) is 2.29. The van der Waals surface area contributed by atoms with Gasteiger partial charge in [-0.2, -0.15) is 0 Å². The minimum absolute atomic E-state index is 0.00386. The molecule has 1 N–H and O–H groups in total. The average molecular weight is 324 g/mol. The molecule has 2 unspecified atom stereocenters. The Kier molecular flexibility index (Phi) is 5.98. The van der Waals surface area contributed by atoms with Crippen molar-refractivity contribution in [2.75, 3.05) is 19.1 Å². The molecular formula is C12H18ClNO3S2. The second-order valence-electron chi connectivity index (χ2n) is 4.43. The first-order chi connectivity index (χ1) is 8.73. The molecule has 1 aromatic rings. The number of hydrogen-bond acceptors (Lipinski definition) is 4. The molecule has 0 aliphatic rings. The van der Waals surface area contributed by atoms with Gasteiger partial charge in [-0.1, -0.05) is 17.7 Å². The van der Waals surface area contributed by atoms with Crippen LogP contribution < -0.4 is 5.32 Å². The minimum atomic E-state index is -3.31. The van der Waals surface area contributed by atoms with Crippen LogP contribution in [0.15, 0.2) is 23.1 Å². The van der Waals surface area contributed by atoms with Gasteiger partial charge in [0.15, 0.2) is 9.84 Å². The standard InChI is InChI=1S/C12H18ClNO3S2/c1-9(18(2)15)7-14-8-10-11(13)5-4-6-12(10)19(3,16)17/h4-6,9,14H,7-8H2,1-3H3. The molecule has 1 rings (SSSR count). The van der Waals surface area contributed by atoms with E-state index in [0.29, 0.717) is 23.7 Å². The molecule has 0 fully saturated rings. The van der Waals surface area contributed by atoms with Crippen LogP contribution in [0.25, 0.3) is 0 Å². The number of rotatable bonds is 6. The van der Waals surface area contributed by atoms with E-state index in [1.54, 1.807) is 24.5 Å². The molecule has 0 aliphatic heterocycles. The molecular weight excluding hydrogens is 306 g/mol. The molecule has 108 valence electrons. The summed E-state index contributed by atoms with van der Waals surface area (Å²) < 4.78 is 34.6. The van der Waals surface area contributed by atoms with E-state index in [2.05, 4.69) is 5.32 Å². The van der Waals surface area contributed by atoms with Gasteiger partial charge in [-0.3, -0.25) is 4.21 Å². The summed E-state index contributed by atoms with van der Waals surface area (Å²) in [5.74, 6) is 0. The number of nitrogens with one attached hydrogen (secondary N) is 1. The van der Waals surface area contributed by atoms with E-state index in [1.165, 1.54) is 0 Å². The van der Waals surface area contributed by atoms with E-state index < -0.39 is 20.6 Å². The molecule has 0 aliphatic carbocycles. The third-order valence-corrected chi connectivity index (χ3v) is 5.61. The van der Waals surface area contributed by atoms with Crippen LogP contribution >= 0.6 is 11.6 Å². The van der Waals surface area contributed by atoms with Crippen LogP contribution in [0.1, 0.15) is 12.5 Å². The number of halogens is 1. The van der Waals surface area contributed by atoms with Crippen molar-refractivity contribution in [1.29, 1.82) is 0 Å². The van der Waals surface area contributed by atoms with E-state index in [1.807, 2.05) is 6.92 Å². The number of benzene rings is 1. The molecule has 0 saturated heterocycles. The third-order valence-electron chi connectivity index (χ3n) is 2.78. The maximum absolute atomic E-state index is 11.7. The van der Waals surface area contributed by atoms with Crippen molar-refractivity contribution >= 4 is 32.2 Å². The highest BCUT2D eigenvalue weighted by atomic mass is 35.5. The second-order valence-corrected chi connectivity index (χ2v) is 8.62. The number of sulfone groups is 1. The van der Waals surface area contributed by atoms with E-state index >= 15 is 0 Å². The van der Waals surface area contributed by atoms with Crippen LogP contribution in [0.3, 0.4) is 0 Å². The molecule has 0 radical (unpaired) electrons. The van der Waals surface area contributed by atoms with Crippen LogP contribution in [0, 0.1) is 0 Å². The van der Waals surface area contributed by atoms with Crippen LogP contribution in [0.2, 0.25) is 5.02 Å². The molecule has 19 heavy (non-hydrogen) atoms. The largest absolute Gasteiger partial charge is 0.311 e. The smallest absolute Gasteiger partial charge is 0.175 e. The van der Waals surface area contributed by atoms with Crippen LogP contribution in [0.5, 0.6) is 0 Å². The lowest BCUT2D eigenvalue weighted by Crippen LogP contribution is -2.27. The summed E-state index contributed by atoms with van der Waals surface area (Å²) >= 11 is 6.05. The van der Waals surface area contributed by atoms with Gasteiger partial charge in [-0.25, -0.2) is 8.42 Å². The fourth-order valence-electron chi connectivity index (χ4n) is 1.58. The highest BCUT2D eigenvalue weighted by Crippen LogP contribution is 2.23. The van der Waals surface area contributed by atoms with E-state index in [4.69, 9.17) is 11.6 Å². The van der Waals surface area contributed by atoms with Gasteiger partial charge in [-0.15, -0.1) is 0 Å². The van der Waals surface area contributed by atoms with Gasteiger partial charge in [0, 0.05) is 52.2 Å². The zero-order valence-electron chi connectivity index (χ0n) is 11.1. The molecule has 0 bridgehead atoms. The van der Waals surface area contributed by atoms with Gasteiger partial charge in [0.05, 0.1) is 4.90 Å². The number of hydrogen-bond donors (Lipinski definition) is 1. The SMILES string of the molecule is CC(CNCc1c(Cl)cccc1S(C)(=O)=O)S(C)=O. The summed E-state index contributed by atoms with van der Waals surface area (Å²) in [5.41, 5.74) is 0.556. The summed E-state index contributed by atoms with van der Waals surface area (Å²) in [6, 6.07) is 4.82. The van der Waals surface area contributed by atoms with Crippen molar-refractivity contribution in [3.63, 3.8) is 0 Å². The molecule has 4 nitrogen and oxygen atoms in total. The van der Waals surface area contributed by atoms with Gasteiger partial charge < -0.3 is 5.32 Å². The first kappa shape index (κ1) is 16.6. The molecule has 2 atom stereocenters. The van der Waals surface area contributed by atoms with Gasteiger partial charge >= 0.3 is 0 Å². The summed E-state index contributed by atoms with van der Waals surface area (Å²) in [7, 11) is -4.22. The molecule has 0 heterocycles. The van der Waals surface area contributed by atoms with Crippen molar-refractivity contribution in [1.82, 2.24) is 5.32 Å². The quantitative estimate of drug-likeness (QED) is 0.863. The Bertz CT molecular complexity index is 572. The van der Waals surface area contributed by atoms with Crippen LogP contribution in [-0.4, -0.2) is 36.9 Å². The fourth-order valence-corrected chi connectivity index (χ4v) is 3.18. The molecule has 0 aromatic heterocycles. The van der Waals surface area contributed by atoms with E-state index in [9.17, 15) is 12.6 Å². The Morgan fingerprint density at radius 3 is 2.58 bits per heavy atom. The maximum Gasteiger partial charge on any atom is 0.175 e. The Hall–Kier alpha value is -0.430. The summed E-state index contributed by atoms with van der Waals surface area (Å²) in [6.07, 6.45) is 2.80. The Morgan fingerprint density at radius 1 is 1.42 bits per heavy atom. The Balaban J connectivity index is 2.87. The fraction of sp³-hybridized carbons (Fsp3) is 0.500. The van der Waals surface area contributed by atoms with Crippen molar-refractivity contribution in [2.24, 2.45) is 0 Å². The van der Waals surface area contributed by atoms with Gasteiger partial charge in [0.1, 0.15) is 0 Å². The topological polar surface area (TPSA) is 63.2 Å². The highest BCUT2D eigenvalue weighted by molar-refractivity contribution is 7.90. The summed E-state index contributed by atoms with van der Waals surface area (Å²) in [5, 5.41) is 3.52. The summed E-state index contributed by atoms with van der Waals surface area (Å²) in [6.45, 7) is 2.74. The monoisotopic (exact) mass is 323 g/mol. The molecule has 0 amide bonds. The predicted octanol–water partition coefficient (Wildman–Crippen LogP) is 1.60. The van der Waals surface area contributed by atoms with Gasteiger partial charge in [0.25, 0.3) is 0 Å². The maximum atomic E-state index is 11.7. The van der Waals surface area contributed by atoms with Crippen molar-refractivity contribution in [3.05, 3.63) is 28.8 Å². The highest BCUT2D eigenvalue weighted by Gasteiger charge is 2.16. The normalized spacial score (nSPS) is 15.2. The lowest BCUT2D eigenvalue weighted by Gasteiger charge is -2.13.